The number of hydrogen-bond donors (Lipinski definition) is 3. The highest BCUT2D eigenvalue weighted by atomic mass is 16.7. The fraction of sp³-hybridized carbons (Fsp3) is 0.682. The normalized spacial score (nSPS) is 24.3. The monoisotopic (exact) mass is 426 g/mol. The van der Waals surface area contributed by atoms with Crippen molar-refractivity contribution < 1.29 is 39.1 Å². The van der Waals surface area contributed by atoms with E-state index in [-0.39, 0.29) is 31.5 Å². The van der Waals surface area contributed by atoms with E-state index in [1.54, 1.807) is 0 Å². The van der Waals surface area contributed by atoms with E-state index in [0.717, 1.165) is 11.1 Å². The van der Waals surface area contributed by atoms with Gasteiger partial charge < -0.3 is 34.3 Å². The van der Waals surface area contributed by atoms with Crippen molar-refractivity contribution in [3.63, 3.8) is 0 Å². The SMILES string of the molecule is CC(C)c1cccc(C(C)C)c1OC(=O)OCCCO[C@@H]1CC(O)[C@H](O)C(CO)O1. The molecule has 1 aromatic rings. The summed E-state index contributed by atoms with van der Waals surface area (Å²) < 4.78 is 21.6. The topological polar surface area (TPSA) is 115 Å². The van der Waals surface area contributed by atoms with Gasteiger partial charge in [-0.15, -0.1) is 0 Å². The second kappa shape index (κ2) is 11.6. The van der Waals surface area contributed by atoms with E-state index < -0.39 is 37.4 Å². The lowest BCUT2D eigenvalue weighted by Gasteiger charge is -2.36. The molecule has 170 valence electrons. The number of para-hydroxylation sites is 1. The van der Waals surface area contributed by atoms with Crippen LogP contribution in [0.3, 0.4) is 0 Å². The average molecular weight is 427 g/mol. The highest BCUT2D eigenvalue weighted by Gasteiger charge is 2.36. The maximum Gasteiger partial charge on any atom is 0.513 e. The van der Waals surface area contributed by atoms with Crippen molar-refractivity contribution >= 4 is 6.16 Å². The lowest BCUT2D eigenvalue weighted by molar-refractivity contribution is -0.257. The molecule has 30 heavy (non-hydrogen) atoms. The van der Waals surface area contributed by atoms with Gasteiger partial charge in [0.2, 0.25) is 0 Å². The van der Waals surface area contributed by atoms with E-state index in [2.05, 4.69) is 0 Å². The standard InChI is InChI=1S/C22H34O8/c1-13(2)15-7-5-8-16(14(3)4)21(15)30-22(26)28-10-6-9-27-19-11-17(24)20(25)18(12-23)29-19/h5,7-8,13-14,17-20,23-25H,6,9-12H2,1-4H3/t17?,18?,19-,20-/m0/s1. The summed E-state index contributed by atoms with van der Waals surface area (Å²) in [7, 11) is 0. The number of carbonyl (C=O) groups excluding carboxylic acids is 1. The summed E-state index contributed by atoms with van der Waals surface area (Å²) in [6.07, 6.45) is -4.05. The molecule has 1 saturated heterocycles. The Bertz CT molecular complexity index is 649. The van der Waals surface area contributed by atoms with Gasteiger partial charge in [-0.3, -0.25) is 0 Å². The second-order valence-electron chi connectivity index (χ2n) is 8.08. The summed E-state index contributed by atoms with van der Waals surface area (Å²) in [5.74, 6) is 0.959. The number of rotatable bonds is 9. The Kier molecular flexibility index (Phi) is 9.51. The minimum Gasteiger partial charge on any atom is -0.434 e. The molecule has 0 bridgehead atoms. The molecule has 0 aromatic heterocycles. The molecule has 1 aliphatic rings. The Hall–Kier alpha value is -1.71. The summed E-state index contributed by atoms with van der Waals surface area (Å²) in [5.41, 5.74) is 1.91. The van der Waals surface area contributed by atoms with Crippen molar-refractivity contribution in [2.24, 2.45) is 0 Å². The zero-order valence-electron chi connectivity index (χ0n) is 18.1. The first kappa shape index (κ1) is 24.6. The average Bonchev–Trinajstić information content (AvgIpc) is 2.69. The Labute approximate surface area is 177 Å². The molecule has 4 atom stereocenters. The molecule has 0 spiro atoms. The molecule has 0 saturated carbocycles. The molecule has 1 fully saturated rings. The maximum absolute atomic E-state index is 12.2. The third kappa shape index (κ3) is 6.65. The third-order valence-corrected chi connectivity index (χ3v) is 5.03. The highest BCUT2D eigenvalue weighted by molar-refractivity contribution is 5.66. The van der Waals surface area contributed by atoms with Crippen molar-refractivity contribution in [3.8, 4) is 5.75 Å². The number of benzene rings is 1. The van der Waals surface area contributed by atoms with Crippen molar-refractivity contribution in [1.29, 1.82) is 0 Å². The van der Waals surface area contributed by atoms with E-state index in [4.69, 9.17) is 18.9 Å². The van der Waals surface area contributed by atoms with Crippen LogP contribution >= 0.6 is 0 Å². The fourth-order valence-electron chi connectivity index (χ4n) is 3.32. The summed E-state index contributed by atoms with van der Waals surface area (Å²) in [6.45, 7) is 8.07. The van der Waals surface area contributed by atoms with Crippen LogP contribution in [0.1, 0.15) is 63.5 Å². The number of ether oxygens (including phenoxy) is 4. The Morgan fingerprint density at radius 3 is 2.33 bits per heavy atom. The number of hydrogen-bond acceptors (Lipinski definition) is 8. The first-order chi connectivity index (χ1) is 14.2. The molecule has 0 radical (unpaired) electrons. The molecule has 8 heteroatoms. The maximum atomic E-state index is 12.2. The van der Waals surface area contributed by atoms with Gasteiger partial charge in [-0.25, -0.2) is 4.79 Å². The molecule has 8 nitrogen and oxygen atoms in total. The van der Waals surface area contributed by atoms with E-state index in [1.165, 1.54) is 0 Å². The number of carbonyl (C=O) groups is 1. The van der Waals surface area contributed by atoms with Gasteiger partial charge in [0, 0.05) is 12.8 Å². The van der Waals surface area contributed by atoms with Crippen LogP contribution in [0.5, 0.6) is 5.75 Å². The molecular formula is C22H34O8. The van der Waals surface area contributed by atoms with Crippen LogP contribution in [-0.2, 0) is 14.2 Å². The van der Waals surface area contributed by atoms with Gasteiger partial charge in [-0.05, 0) is 23.0 Å². The quantitative estimate of drug-likeness (QED) is 0.314. The molecule has 1 heterocycles. The first-order valence-corrected chi connectivity index (χ1v) is 10.5. The van der Waals surface area contributed by atoms with Crippen molar-refractivity contribution in [2.75, 3.05) is 19.8 Å². The van der Waals surface area contributed by atoms with Gasteiger partial charge in [0.25, 0.3) is 0 Å². The van der Waals surface area contributed by atoms with Crippen LogP contribution in [0.4, 0.5) is 4.79 Å². The zero-order valence-corrected chi connectivity index (χ0v) is 18.1. The fourth-order valence-corrected chi connectivity index (χ4v) is 3.32. The summed E-state index contributed by atoms with van der Waals surface area (Å²) in [5, 5.41) is 28.6. The van der Waals surface area contributed by atoms with Crippen LogP contribution in [0.25, 0.3) is 0 Å². The molecule has 1 aliphatic heterocycles. The highest BCUT2D eigenvalue weighted by Crippen LogP contribution is 2.34. The van der Waals surface area contributed by atoms with E-state index in [1.807, 2.05) is 45.9 Å². The van der Waals surface area contributed by atoms with Gasteiger partial charge in [0.1, 0.15) is 18.0 Å². The molecule has 0 aliphatic carbocycles. The van der Waals surface area contributed by atoms with Crippen molar-refractivity contribution in [3.05, 3.63) is 29.3 Å². The predicted molar refractivity (Wildman–Crippen MR) is 110 cm³/mol. The van der Waals surface area contributed by atoms with Gasteiger partial charge in [-0.2, -0.15) is 0 Å². The van der Waals surface area contributed by atoms with Crippen molar-refractivity contribution in [1.82, 2.24) is 0 Å². The molecule has 2 unspecified atom stereocenters. The van der Waals surface area contributed by atoms with Crippen LogP contribution in [0, 0.1) is 0 Å². The summed E-state index contributed by atoms with van der Waals surface area (Å²) in [6, 6.07) is 5.86. The lowest BCUT2D eigenvalue weighted by atomic mass is 9.94. The van der Waals surface area contributed by atoms with Gasteiger partial charge >= 0.3 is 6.16 Å². The molecular weight excluding hydrogens is 392 g/mol. The zero-order chi connectivity index (χ0) is 22.3. The Morgan fingerprint density at radius 2 is 1.77 bits per heavy atom. The van der Waals surface area contributed by atoms with E-state index >= 15 is 0 Å². The molecule has 2 rings (SSSR count). The smallest absolute Gasteiger partial charge is 0.434 e. The van der Waals surface area contributed by atoms with Gasteiger partial charge in [0.15, 0.2) is 6.29 Å². The lowest BCUT2D eigenvalue weighted by Crippen LogP contribution is -2.50. The molecule has 0 amide bonds. The van der Waals surface area contributed by atoms with Crippen molar-refractivity contribution in [2.45, 2.75) is 77.0 Å². The second-order valence-corrected chi connectivity index (χ2v) is 8.08. The summed E-state index contributed by atoms with van der Waals surface area (Å²) >= 11 is 0. The predicted octanol–water partition coefficient (Wildman–Crippen LogP) is 2.68. The minimum atomic E-state index is -1.14. The van der Waals surface area contributed by atoms with Crippen LogP contribution < -0.4 is 4.74 Å². The minimum absolute atomic E-state index is 0.0982. The number of aliphatic hydroxyl groups excluding tert-OH is 3. The summed E-state index contributed by atoms with van der Waals surface area (Å²) in [4.78, 5) is 12.2. The Morgan fingerprint density at radius 1 is 1.13 bits per heavy atom. The van der Waals surface area contributed by atoms with Crippen LogP contribution in [-0.4, -0.2) is 65.9 Å². The molecule has 1 aromatic carbocycles. The third-order valence-electron chi connectivity index (χ3n) is 5.03. The van der Waals surface area contributed by atoms with Gasteiger partial charge in [-0.1, -0.05) is 45.9 Å². The molecule has 3 N–H and O–H groups in total. The van der Waals surface area contributed by atoms with Crippen LogP contribution in [0.15, 0.2) is 18.2 Å². The van der Waals surface area contributed by atoms with Crippen LogP contribution in [0.2, 0.25) is 0 Å². The van der Waals surface area contributed by atoms with Gasteiger partial charge in [0.05, 0.1) is 25.9 Å². The van der Waals surface area contributed by atoms with E-state index in [0.29, 0.717) is 12.2 Å². The van der Waals surface area contributed by atoms with E-state index in [9.17, 15) is 20.1 Å². The first-order valence-electron chi connectivity index (χ1n) is 10.5. The largest absolute Gasteiger partial charge is 0.513 e. The number of aliphatic hydroxyl groups is 3. The Balaban J connectivity index is 1.78.